The predicted molar refractivity (Wildman–Crippen MR) is 71.7 cm³/mol. The molecule has 0 atom stereocenters. The minimum atomic E-state index is 0.534. The zero-order valence-electron chi connectivity index (χ0n) is 9.38. The lowest BCUT2D eigenvalue weighted by Crippen LogP contribution is -2.24. The number of benzene rings is 1. The Morgan fingerprint density at radius 2 is 1.75 bits per heavy atom. The van der Waals surface area contributed by atoms with Crippen molar-refractivity contribution in [3.63, 3.8) is 0 Å². The number of hydrogen-bond donors (Lipinski definition) is 0. The van der Waals surface area contributed by atoms with Crippen LogP contribution in [0.25, 0.3) is 0 Å². The average Bonchev–Trinajstić information content (AvgIpc) is 2.57. The van der Waals surface area contributed by atoms with Crippen LogP contribution < -0.4 is 4.90 Å². The molecular formula is C13H17Cl2N. The molecule has 16 heavy (non-hydrogen) atoms. The van der Waals surface area contributed by atoms with Gasteiger partial charge in [-0.15, -0.1) is 11.6 Å². The van der Waals surface area contributed by atoms with E-state index in [9.17, 15) is 0 Å². The van der Waals surface area contributed by atoms with Crippen molar-refractivity contribution in [1.82, 2.24) is 0 Å². The van der Waals surface area contributed by atoms with Crippen molar-refractivity contribution in [2.75, 3.05) is 18.0 Å². The van der Waals surface area contributed by atoms with Gasteiger partial charge >= 0.3 is 0 Å². The largest absolute Gasteiger partial charge is 0.371 e. The van der Waals surface area contributed by atoms with E-state index in [-0.39, 0.29) is 0 Å². The maximum absolute atomic E-state index is 5.99. The fraction of sp³-hybridized carbons (Fsp3) is 0.538. The van der Waals surface area contributed by atoms with Crippen molar-refractivity contribution >= 4 is 28.9 Å². The Hall–Kier alpha value is -0.400. The van der Waals surface area contributed by atoms with E-state index >= 15 is 0 Å². The maximum atomic E-state index is 5.99. The van der Waals surface area contributed by atoms with Gasteiger partial charge in [-0.2, -0.15) is 0 Å². The van der Waals surface area contributed by atoms with E-state index in [4.69, 9.17) is 23.2 Å². The number of hydrogen-bond acceptors (Lipinski definition) is 1. The van der Waals surface area contributed by atoms with Gasteiger partial charge in [0.25, 0.3) is 0 Å². The Morgan fingerprint density at radius 3 is 2.38 bits per heavy atom. The van der Waals surface area contributed by atoms with Crippen molar-refractivity contribution < 1.29 is 0 Å². The summed E-state index contributed by atoms with van der Waals surface area (Å²) >= 11 is 12.0. The highest BCUT2D eigenvalue weighted by atomic mass is 35.5. The summed E-state index contributed by atoms with van der Waals surface area (Å²) in [6, 6.07) is 6.04. The second-order valence-corrected chi connectivity index (χ2v) is 5.01. The second-order valence-electron chi connectivity index (χ2n) is 4.31. The van der Waals surface area contributed by atoms with E-state index in [0.29, 0.717) is 5.88 Å². The Bertz CT molecular complexity index is 344. The van der Waals surface area contributed by atoms with E-state index in [2.05, 4.69) is 11.0 Å². The predicted octanol–water partition coefficient (Wildman–Crippen LogP) is 4.46. The third-order valence-corrected chi connectivity index (χ3v) is 3.66. The molecule has 1 aromatic rings. The fourth-order valence-electron chi connectivity index (χ4n) is 2.28. The Morgan fingerprint density at radius 1 is 1.06 bits per heavy atom. The van der Waals surface area contributed by atoms with Crippen LogP contribution >= 0.6 is 23.2 Å². The molecule has 0 radical (unpaired) electrons. The van der Waals surface area contributed by atoms with Crippen molar-refractivity contribution in [2.45, 2.75) is 31.6 Å². The van der Waals surface area contributed by atoms with Gasteiger partial charge in [0, 0.05) is 29.7 Å². The minimum absolute atomic E-state index is 0.534. The molecule has 0 spiro atoms. The van der Waals surface area contributed by atoms with Gasteiger partial charge in [-0.3, -0.25) is 0 Å². The standard InChI is InChI=1S/C13H17Cl2N/c14-10-11-9-12(15)5-6-13(11)16-7-3-1-2-4-8-16/h5-6,9H,1-4,7-8,10H2. The molecule has 0 saturated carbocycles. The van der Waals surface area contributed by atoms with Crippen molar-refractivity contribution in [1.29, 1.82) is 0 Å². The maximum Gasteiger partial charge on any atom is 0.0495 e. The van der Waals surface area contributed by atoms with E-state index in [1.54, 1.807) is 0 Å². The molecule has 1 aliphatic heterocycles. The Labute approximate surface area is 107 Å². The first-order valence-electron chi connectivity index (χ1n) is 5.90. The topological polar surface area (TPSA) is 3.24 Å². The van der Waals surface area contributed by atoms with Gasteiger partial charge in [0.05, 0.1) is 0 Å². The van der Waals surface area contributed by atoms with Crippen LogP contribution in [0.1, 0.15) is 31.2 Å². The lowest BCUT2D eigenvalue weighted by atomic mass is 10.1. The number of alkyl halides is 1. The highest BCUT2D eigenvalue weighted by Crippen LogP contribution is 2.27. The molecule has 0 N–H and O–H groups in total. The molecule has 1 fully saturated rings. The first-order chi connectivity index (χ1) is 7.81. The summed E-state index contributed by atoms with van der Waals surface area (Å²) < 4.78 is 0. The summed E-state index contributed by atoms with van der Waals surface area (Å²) in [7, 11) is 0. The first-order valence-corrected chi connectivity index (χ1v) is 6.82. The summed E-state index contributed by atoms with van der Waals surface area (Å²) in [5.41, 5.74) is 2.41. The third kappa shape index (κ3) is 2.83. The highest BCUT2D eigenvalue weighted by Gasteiger charge is 2.13. The first kappa shape index (κ1) is 12.1. The molecule has 1 saturated heterocycles. The molecule has 0 unspecified atom stereocenters. The number of halogens is 2. The molecule has 1 aromatic carbocycles. The quantitative estimate of drug-likeness (QED) is 0.708. The summed E-state index contributed by atoms with van der Waals surface area (Å²) in [6.45, 7) is 2.29. The zero-order valence-corrected chi connectivity index (χ0v) is 10.9. The summed E-state index contributed by atoms with van der Waals surface area (Å²) in [5, 5.41) is 0.772. The van der Waals surface area contributed by atoms with Crippen molar-refractivity contribution in [3.05, 3.63) is 28.8 Å². The summed E-state index contributed by atoms with van der Waals surface area (Å²) in [4.78, 5) is 2.45. The van der Waals surface area contributed by atoms with Crippen LogP contribution in [-0.4, -0.2) is 13.1 Å². The van der Waals surface area contributed by atoms with E-state index < -0.39 is 0 Å². The number of nitrogens with zero attached hydrogens (tertiary/aromatic N) is 1. The van der Waals surface area contributed by atoms with Crippen LogP contribution in [0.5, 0.6) is 0 Å². The zero-order chi connectivity index (χ0) is 11.4. The van der Waals surface area contributed by atoms with Gasteiger partial charge < -0.3 is 4.90 Å². The summed E-state index contributed by atoms with van der Waals surface area (Å²) in [5.74, 6) is 0.534. The van der Waals surface area contributed by atoms with Crippen LogP contribution in [0.4, 0.5) is 5.69 Å². The lowest BCUT2D eigenvalue weighted by molar-refractivity contribution is 0.726. The van der Waals surface area contributed by atoms with Gasteiger partial charge in [0.1, 0.15) is 0 Å². The minimum Gasteiger partial charge on any atom is -0.371 e. The molecular weight excluding hydrogens is 241 g/mol. The smallest absolute Gasteiger partial charge is 0.0495 e. The number of anilines is 1. The van der Waals surface area contributed by atoms with Gasteiger partial charge in [-0.25, -0.2) is 0 Å². The Kier molecular flexibility index (Phi) is 4.37. The molecule has 3 heteroatoms. The highest BCUT2D eigenvalue weighted by molar-refractivity contribution is 6.30. The SMILES string of the molecule is ClCc1cc(Cl)ccc1N1CCCCCC1. The number of rotatable bonds is 2. The molecule has 0 amide bonds. The van der Waals surface area contributed by atoms with Crippen LogP contribution in [0, 0.1) is 0 Å². The van der Waals surface area contributed by atoms with Crippen LogP contribution in [0.2, 0.25) is 5.02 Å². The van der Waals surface area contributed by atoms with Gasteiger partial charge in [-0.05, 0) is 36.6 Å². The normalized spacial score (nSPS) is 17.2. The lowest BCUT2D eigenvalue weighted by Gasteiger charge is -2.25. The van der Waals surface area contributed by atoms with Gasteiger partial charge in [0.2, 0.25) is 0 Å². The van der Waals surface area contributed by atoms with Gasteiger partial charge in [-0.1, -0.05) is 24.4 Å². The van der Waals surface area contributed by atoms with Crippen molar-refractivity contribution in [2.24, 2.45) is 0 Å². The molecule has 0 aliphatic carbocycles. The molecule has 1 aliphatic rings. The van der Waals surface area contributed by atoms with E-state index in [1.165, 1.54) is 31.4 Å². The van der Waals surface area contributed by atoms with Crippen LogP contribution in [0.15, 0.2) is 18.2 Å². The summed E-state index contributed by atoms with van der Waals surface area (Å²) in [6.07, 6.45) is 5.26. The molecule has 1 nitrogen and oxygen atoms in total. The van der Waals surface area contributed by atoms with E-state index in [1.807, 2.05) is 12.1 Å². The molecule has 88 valence electrons. The molecule has 2 rings (SSSR count). The average molecular weight is 258 g/mol. The van der Waals surface area contributed by atoms with Crippen molar-refractivity contribution in [3.8, 4) is 0 Å². The third-order valence-electron chi connectivity index (χ3n) is 3.13. The molecule has 0 aromatic heterocycles. The second kappa shape index (κ2) is 5.79. The van der Waals surface area contributed by atoms with Crippen LogP contribution in [-0.2, 0) is 5.88 Å². The monoisotopic (exact) mass is 257 g/mol. The fourth-order valence-corrected chi connectivity index (χ4v) is 2.69. The van der Waals surface area contributed by atoms with E-state index in [0.717, 1.165) is 23.7 Å². The van der Waals surface area contributed by atoms with Crippen LogP contribution in [0.3, 0.4) is 0 Å². The molecule has 0 bridgehead atoms. The van der Waals surface area contributed by atoms with Gasteiger partial charge in [0.15, 0.2) is 0 Å². The molecule has 1 heterocycles. The Balaban J connectivity index is 2.23.